The first-order valence-electron chi connectivity index (χ1n) is 7.94. The molecule has 0 fully saturated rings. The molecule has 2 heterocycles. The second-order valence-corrected chi connectivity index (χ2v) is 5.72. The van der Waals surface area contributed by atoms with E-state index in [1.54, 1.807) is 19.2 Å². The molecule has 5 nitrogen and oxygen atoms in total. The van der Waals surface area contributed by atoms with Crippen molar-refractivity contribution in [1.82, 2.24) is 9.97 Å². The fraction of sp³-hybridized carbons (Fsp3) is 0.158. The highest BCUT2D eigenvalue weighted by Crippen LogP contribution is 2.36. The number of hydrogen-bond acceptors (Lipinski definition) is 5. The summed E-state index contributed by atoms with van der Waals surface area (Å²) in [6, 6.07) is 12.0. The van der Waals surface area contributed by atoms with Gasteiger partial charge in [0.25, 0.3) is 0 Å². The predicted octanol–water partition coefficient (Wildman–Crippen LogP) is 4.26. The molecule has 1 aliphatic rings. The Labute approximate surface area is 144 Å². The average molecular weight is 337 g/mol. The van der Waals surface area contributed by atoms with Crippen molar-refractivity contribution >= 4 is 11.5 Å². The number of methoxy groups -OCH3 is 1. The lowest BCUT2D eigenvalue weighted by Gasteiger charge is -2.12. The van der Waals surface area contributed by atoms with Gasteiger partial charge in [0.2, 0.25) is 5.88 Å². The van der Waals surface area contributed by atoms with Crippen LogP contribution in [-0.4, -0.2) is 17.1 Å². The van der Waals surface area contributed by atoms with Crippen LogP contribution < -0.4 is 14.8 Å². The third-order valence-electron chi connectivity index (χ3n) is 4.11. The molecule has 126 valence electrons. The molecule has 4 rings (SSSR count). The van der Waals surface area contributed by atoms with Gasteiger partial charge in [0.15, 0.2) is 0 Å². The van der Waals surface area contributed by atoms with Crippen molar-refractivity contribution in [3.8, 4) is 17.4 Å². The summed E-state index contributed by atoms with van der Waals surface area (Å²) in [5.74, 6) is 2.38. The average Bonchev–Trinajstić information content (AvgIpc) is 2.81. The van der Waals surface area contributed by atoms with Crippen LogP contribution in [0.5, 0.6) is 17.4 Å². The van der Waals surface area contributed by atoms with E-state index in [0.29, 0.717) is 23.8 Å². The van der Waals surface area contributed by atoms with Gasteiger partial charge in [-0.15, -0.1) is 0 Å². The molecule has 0 bridgehead atoms. The van der Waals surface area contributed by atoms with Gasteiger partial charge in [-0.05, 0) is 54.8 Å². The van der Waals surface area contributed by atoms with Crippen LogP contribution in [-0.2, 0) is 12.8 Å². The molecule has 6 heteroatoms. The summed E-state index contributed by atoms with van der Waals surface area (Å²) in [6.07, 6.45) is 2.91. The quantitative estimate of drug-likeness (QED) is 0.774. The number of ether oxygens (including phenoxy) is 2. The molecule has 1 aliphatic heterocycles. The molecule has 2 aromatic carbocycles. The van der Waals surface area contributed by atoms with Gasteiger partial charge in [0.1, 0.15) is 29.5 Å². The molecular formula is C19H16FN3O2. The first-order chi connectivity index (χ1) is 12.2. The SMILES string of the molecule is COc1ccc2c(c1)CCc1c(Nc3cccc(F)c3)ncnc1O2. The second-order valence-electron chi connectivity index (χ2n) is 5.72. The van der Waals surface area contributed by atoms with E-state index in [1.807, 2.05) is 18.2 Å². The van der Waals surface area contributed by atoms with E-state index < -0.39 is 0 Å². The highest BCUT2D eigenvalue weighted by Gasteiger charge is 2.20. The number of fused-ring (bicyclic) bond motifs is 2. The Morgan fingerprint density at radius 2 is 2.04 bits per heavy atom. The fourth-order valence-corrected chi connectivity index (χ4v) is 2.86. The monoisotopic (exact) mass is 337 g/mol. The fourth-order valence-electron chi connectivity index (χ4n) is 2.86. The third kappa shape index (κ3) is 3.10. The van der Waals surface area contributed by atoms with Gasteiger partial charge in [-0.1, -0.05) is 6.07 Å². The van der Waals surface area contributed by atoms with Crippen LogP contribution in [0.1, 0.15) is 11.1 Å². The summed E-state index contributed by atoms with van der Waals surface area (Å²) in [5.41, 5.74) is 2.54. The normalized spacial score (nSPS) is 12.4. The molecule has 1 N–H and O–H groups in total. The van der Waals surface area contributed by atoms with Crippen molar-refractivity contribution in [3.05, 3.63) is 65.7 Å². The van der Waals surface area contributed by atoms with Crippen LogP contribution >= 0.6 is 0 Å². The van der Waals surface area contributed by atoms with Crippen molar-refractivity contribution in [2.75, 3.05) is 12.4 Å². The number of rotatable bonds is 3. The van der Waals surface area contributed by atoms with Crippen LogP contribution in [0.3, 0.4) is 0 Å². The van der Waals surface area contributed by atoms with Crippen molar-refractivity contribution < 1.29 is 13.9 Å². The van der Waals surface area contributed by atoms with E-state index in [9.17, 15) is 4.39 Å². The lowest BCUT2D eigenvalue weighted by atomic mass is 10.1. The summed E-state index contributed by atoms with van der Waals surface area (Å²) in [5, 5.41) is 3.15. The van der Waals surface area contributed by atoms with E-state index in [1.165, 1.54) is 18.5 Å². The smallest absolute Gasteiger partial charge is 0.227 e. The zero-order chi connectivity index (χ0) is 17.2. The number of aryl methyl sites for hydroxylation is 1. The molecule has 0 radical (unpaired) electrons. The first kappa shape index (κ1) is 15.4. The van der Waals surface area contributed by atoms with Crippen molar-refractivity contribution in [1.29, 1.82) is 0 Å². The summed E-state index contributed by atoms with van der Waals surface area (Å²) in [7, 11) is 1.64. The minimum Gasteiger partial charge on any atom is -0.497 e. The minimum atomic E-state index is -0.305. The number of aromatic nitrogens is 2. The van der Waals surface area contributed by atoms with E-state index in [0.717, 1.165) is 29.0 Å². The number of anilines is 2. The lowest BCUT2D eigenvalue weighted by Crippen LogP contribution is -2.02. The largest absolute Gasteiger partial charge is 0.497 e. The van der Waals surface area contributed by atoms with Gasteiger partial charge in [0.05, 0.1) is 12.7 Å². The molecule has 0 atom stereocenters. The maximum absolute atomic E-state index is 13.4. The Morgan fingerprint density at radius 1 is 1.12 bits per heavy atom. The molecule has 0 spiro atoms. The summed E-state index contributed by atoms with van der Waals surface area (Å²) >= 11 is 0. The summed E-state index contributed by atoms with van der Waals surface area (Å²) in [6.45, 7) is 0. The number of benzene rings is 2. The van der Waals surface area contributed by atoms with Gasteiger partial charge in [-0.25, -0.2) is 14.4 Å². The Morgan fingerprint density at radius 3 is 2.88 bits per heavy atom. The molecule has 0 aliphatic carbocycles. The summed E-state index contributed by atoms with van der Waals surface area (Å²) in [4.78, 5) is 8.57. The van der Waals surface area contributed by atoms with Gasteiger partial charge in [-0.3, -0.25) is 0 Å². The highest BCUT2D eigenvalue weighted by molar-refractivity contribution is 5.62. The number of halogens is 1. The molecule has 0 saturated carbocycles. The minimum absolute atomic E-state index is 0.305. The van der Waals surface area contributed by atoms with Crippen LogP contribution in [0.4, 0.5) is 15.9 Å². The van der Waals surface area contributed by atoms with Crippen molar-refractivity contribution in [2.45, 2.75) is 12.8 Å². The maximum atomic E-state index is 13.4. The zero-order valence-corrected chi connectivity index (χ0v) is 13.6. The number of nitrogens with one attached hydrogen (secondary N) is 1. The molecule has 1 aromatic heterocycles. The Balaban J connectivity index is 1.68. The molecular weight excluding hydrogens is 321 g/mol. The Kier molecular flexibility index (Phi) is 3.93. The van der Waals surface area contributed by atoms with Crippen molar-refractivity contribution in [3.63, 3.8) is 0 Å². The topological polar surface area (TPSA) is 56.3 Å². The summed E-state index contributed by atoms with van der Waals surface area (Å²) < 4.78 is 24.7. The van der Waals surface area contributed by atoms with Crippen LogP contribution in [0.2, 0.25) is 0 Å². The van der Waals surface area contributed by atoms with Gasteiger partial charge < -0.3 is 14.8 Å². The Bertz CT molecular complexity index is 930. The van der Waals surface area contributed by atoms with Crippen molar-refractivity contribution in [2.24, 2.45) is 0 Å². The molecule has 3 aromatic rings. The predicted molar refractivity (Wildman–Crippen MR) is 92.2 cm³/mol. The molecule has 0 saturated heterocycles. The number of nitrogens with zero attached hydrogens (tertiary/aromatic N) is 2. The van der Waals surface area contributed by atoms with Gasteiger partial charge in [0, 0.05) is 5.69 Å². The van der Waals surface area contributed by atoms with Gasteiger partial charge >= 0.3 is 0 Å². The third-order valence-corrected chi connectivity index (χ3v) is 4.11. The lowest BCUT2D eigenvalue weighted by molar-refractivity contribution is 0.411. The standard InChI is InChI=1S/C19H16FN3O2/c1-24-15-6-8-17-12(9-15)5-7-16-18(21-11-22-19(16)25-17)23-14-4-2-3-13(20)10-14/h2-4,6,8-11H,5,7H2,1H3,(H,21,22,23). The maximum Gasteiger partial charge on any atom is 0.227 e. The van der Waals surface area contributed by atoms with Gasteiger partial charge in [-0.2, -0.15) is 0 Å². The molecule has 0 unspecified atom stereocenters. The van der Waals surface area contributed by atoms with E-state index in [2.05, 4.69) is 15.3 Å². The zero-order valence-electron chi connectivity index (χ0n) is 13.6. The van der Waals surface area contributed by atoms with Crippen LogP contribution in [0, 0.1) is 5.82 Å². The van der Waals surface area contributed by atoms with E-state index in [4.69, 9.17) is 9.47 Å². The highest BCUT2D eigenvalue weighted by atomic mass is 19.1. The molecule has 25 heavy (non-hydrogen) atoms. The second kappa shape index (κ2) is 6.39. The van der Waals surface area contributed by atoms with E-state index in [-0.39, 0.29) is 5.82 Å². The first-order valence-corrected chi connectivity index (χ1v) is 7.94. The van der Waals surface area contributed by atoms with E-state index >= 15 is 0 Å². The Hall–Kier alpha value is -3.15. The number of hydrogen-bond donors (Lipinski definition) is 1. The van der Waals surface area contributed by atoms with Crippen LogP contribution in [0.25, 0.3) is 0 Å². The van der Waals surface area contributed by atoms with Crippen LogP contribution in [0.15, 0.2) is 48.8 Å². The molecule has 0 amide bonds.